The van der Waals surface area contributed by atoms with Crippen LogP contribution in [-0.4, -0.2) is 16.1 Å². The Kier molecular flexibility index (Phi) is 4.48. The first-order chi connectivity index (χ1) is 8.24. The molecule has 1 aliphatic carbocycles. The van der Waals surface area contributed by atoms with E-state index in [4.69, 9.17) is 0 Å². The van der Waals surface area contributed by atoms with Crippen molar-refractivity contribution in [3.05, 3.63) is 5.01 Å². The summed E-state index contributed by atoms with van der Waals surface area (Å²) in [7, 11) is 0. The van der Waals surface area contributed by atoms with Crippen molar-refractivity contribution >= 4 is 22.4 Å². The quantitative estimate of drug-likeness (QED) is 0.896. The van der Waals surface area contributed by atoms with Crippen LogP contribution in [0, 0.1) is 12.8 Å². The molecule has 5 heteroatoms. The van der Waals surface area contributed by atoms with Crippen LogP contribution in [-0.2, 0) is 4.79 Å². The molecule has 94 valence electrons. The Bertz CT molecular complexity index is 372. The molecule has 0 unspecified atom stereocenters. The van der Waals surface area contributed by atoms with Gasteiger partial charge in [0.25, 0.3) is 0 Å². The molecule has 4 nitrogen and oxygen atoms in total. The number of nitrogens with zero attached hydrogens (tertiary/aromatic N) is 2. The van der Waals surface area contributed by atoms with Gasteiger partial charge in [0.05, 0.1) is 0 Å². The molecule has 0 aromatic carbocycles. The van der Waals surface area contributed by atoms with E-state index < -0.39 is 0 Å². The number of hydrogen-bond acceptors (Lipinski definition) is 4. The minimum atomic E-state index is 0.0757. The van der Waals surface area contributed by atoms with Crippen molar-refractivity contribution in [2.75, 3.05) is 5.32 Å². The van der Waals surface area contributed by atoms with Crippen molar-refractivity contribution in [1.82, 2.24) is 10.2 Å². The Morgan fingerprint density at radius 3 is 2.76 bits per heavy atom. The van der Waals surface area contributed by atoms with Gasteiger partial charge < -0.3 is 5.32 Å². The van der Waals surface area contributed by atoms with Gasteiger partial charge in [0.1, 0.15) is 5.01 Å². The maximum Gasteiger partial charge on any atom is 0.226 e. The zero-order valence-corrected chi connectivity index (χ0v) is 11.1. The van der Waals surface area contributed by atoms with E-state index in [1.807, 2.05) is 6.92 Å². The fourth-order valence-electron chi connectivity index (χ4n) is 2.34. The van der Waals surface area contributed by atoms with Crippen LogP contribution in [0.5, 0.6) is 0 Å². The number of carbonyl (C=O) groups is 1. The van der Waals surface area contributed by atoms with Gasteiger partial charge in [-0.3, -0.25) is 4.79 Å². The summed E-state index contributed by atoms with van der Waals surface area (Å²) in [5.41, 5.74) is 0. The topological polar surface area (TPSA) is 54.9 Å². The van der Waals surface area contributed by atoms with E-state index in [-0.39, 0.29) is 5.91 Å². The molecule has 1 fully saturated rings. The molecule has 1 aliphatic rings. The Morgan fingerprint density at radius 1 is 1.35 bits per heavy atom. The van der Waals surface area contributed by atoms with Gasteiger partial charge in [-0.25, -0.2) is 0 Å². The molecule has 1 aromatic heterocycles. The second kappa shape index (κ2) is 6.10. The molecule has 1 amide bonds. The van der Waals surface area contributed by atoms with Crippen LogP contribution in [0.4, 0.5) is 5.13 Å². The molecule has 0 aliphatic heterocycles. The minimum Gasteiger partial charge on any atom is -0.301 e. The van der Waals surface area contributed by atoms with Gasteiger partial charge in [-0.2, -0.15) is 0 Å². The lowest BCUT2D eigenvalue weighted by atomic mass is 9.86. The maximum atomic E-state index is 11.7. The second-order valence-electron chi connectivity index (χ2n) is 4.72. The average Bonchev–Trinajstić information content (AvgIpc) is 2.73. The number of aryl methyl sites for hydroxylation is 1. The van der Waals surface area contributed by atoms with Gasteiger partial charge in [0.2, 0.25) is 11.0 Å². The molecule has 1 heterocycles. The standard InChI is InChI=1S/C12H19N3OS/c1-9-14-15-12(17-9)13-11(16)8-7-10-5-3-2-4-6-10/h10H,2-8H2,1H3,(H,13,15,16). The van der Waals surface area contributed by atoms with Crippen molar-refractivity contribution in [3.63, 3.8) is 0 Å². The van der Waals surface area contributed by atoms with Crippen molar-refractivity contribution < 1.29 is 4.79 Å². The van der Waals surface area contributed by atoms with Gasteiger partial charge >= 0.3 is 0 Å². The summed E-state index contributed by atoms with van der Waals surface area (Å²) in [4.78, 5) is 11.7. The summed E-state index contributed by atoms with van der Waals surface area (Å²) < 4.78 is 0. The smallest absolute Gasteiger partial charge is 0.226 e. The van der Waals surface area contributed by atoms with Crippen LogP contribution < -0.4 is 5.32 Å². The van der Waals surface area contributed by atoms with E-state index in [2.05, 4.69) is 15.5 Å². The summed E-state index contributed by atoms with van der Waals surface area (Å²) in [5.74, 6) is 0.831. The molecule has 0 radical (unpaired) electrons. The van der Waals surface area contributed by atoms with Crippen molar-refractivity contribution in [2.45, 2.75) is 51.9 Å². The van der Waals surface area contributed by atoms with E-state index in [1.54, 1.807) is 0 Å². The third-order valence-corrected chi connectivity index (χ3v) is 4.03. The molecule has 1 N–H and O–H groups in total. The van der Waals surface area contributed by atoms with E-state index in [9.17, 15) is 4.79 Å². The molecule has 2 rings (SSSR count). The predicted molar refractivity (Wildman–Crippen MR) is 69.1 cm³/mol. The Labute approximate surface area is 106 Å². The molecule has 0 saturated heterocycles. The van der Waals surface area contributed by atoms with Crippen LogP contribution in [0.1, 0.15) is 50.0 Å². The highest BCUT2D eigenvalue weighted by molar-refractivity contribution is 7.15. The first kappa shape index (κ1) is 12.5. The van der Waals surface area contributed by atoms with Gasteiger partial charge in [0, 0.05) is 6.42 Å². The third kappa shape index (κ3) is 4.07. The number of rotatable bonds is 4. The number of hydrogen-bond donors (Lipinski definition) is 1. The molecule has 0 bridgehead atoms. The highest BCUT2D eigenvalue weighted by Crippen LogP contribution is 2.27. The van der Waals surface area contributed by atoms with E-state index in [1.165, 1.54) is 43.4 Å². The van der Waals surface area contributed by atoms with Crippen molar-refractivity contribution in [1.29, 1.82) is 0 Å². The average molecular weight is 253 g/mol. The van der Waals surface area contributed by atoms with Crippen molar-refractivity contribution in [2.24, 2.45) is 5.92 Å². The van der Waals surface area contributed by atoms with E-state index in [0.717, 1.165) is 17.3 Å². The molecule has 17 heavy (non-hydrogen) atoms. The lowest BCUT2D eigenvalue weighted by Crippen LogP contribution is -2.14. The van der Waals surface area contributed by atoms with Crippen LogP contribution in [0.3, 0.4) is 0 Å². The monoisotopic (exact) mass is 253 g/mol. The SMILES string of the molecule is Cc1nnc(NC(=O)CCC2CCCCC2)s1. The van der Waals surface area contributed by atoms with Gasteiger partial charge in [0.15, 0.2) is 0 Å². The van der Waals surface area contributed by atoms with Gasteiger partial charge in [-0.15, -0.1) is 10.2 Å². The summed E-state index contributed by atoms with van der Waals surface area (Å²) in [6.45, 7) is 1.88. The number of nitrogens with one attached hydrogen (secondary N) is 1. The molecule has 0 atom stereocenters. The van der Waals surface area contributed by atoms with Crippen LogP contribution in [0.25, 0.3) is 0 Å². The fraction of sp³-hybridized carbons (Fsp3) is 0.750. The van der Waals surface area contributed by atoms with E-state index >= 15 is 0 Å². The maximum absolute atomic E-state index is 11.7. The Hall–Kier alpha value is -0.970. The van der Waals surface area contributed by atoms with Crippen LogP contribution in [0.15, 0.2) is 0 Å². The highest BCUT2D eigenvalue weighted by Gasteiger charge is 2.15. The number of carbonyl (C=O) groups excluding carboxylic acids is 1. The van der Waals surface area contributed by atoms with E-state index in [0.29, 0.717) is 11.6 Å². The zero-order chi connectivity index (χ0) is 12.1. The summed E-state index contributed by atoms with van der Waals surface area (Å²) in [5, 5.41) is 12.1. The van der Waals surface area contributed by atoms with Crippen molar-refractivity contribution in [3.8, 4) is 0 Å². The summed E-state index contributed by atoms with van der Waals surface area (Å²) >= 11 is 1.42. The largest absolute Gasteiger partial charge is 0.301 e. The molecule has 1 saturated carbocycles. The first-order valence-electron chi connectivity index (χ1n) is 6.34. The minimum absolute atomic E-state index is 0.0757. The zero-order valence-electron chi connectivity index (χ0n) is 10.2. The Morgan fingerprint density at radius 2 is 2.12 bits per heavy atom. The highest BCUT2D eigenvalue weighted by atomic mass is 32.1. The molecular weight excluding hydrogens is 234 g/mol. The molecular formula is C12H19N3OS. The second-order valence-corrected chi connectivity index (χ2v) is 5.90. The number of anilines is 1. The van der Waals surface area contributed by atoms with Gasteiger partial charge in [-0.05, 0) is 19.3 Å². The molecule has 1 aromatic rings. The first-order valence-corrected chi connectivity index (χ1v) is 7.15. The normalized spacial score (nSPS) is 17.0. The fourth-order valence-corrected chi connectivity index (χ4v) is 2.95. The lowest BCUT2D eigenvalue weighted by molar-refractivity contribution is -0.116. The van der Waals surface area contributed by atoms with Crippen LogP contribution >= 0.6 is 11.3 Å². The predicted octanol–water partition coefficient (Wildman–Crippen LogP) is 3.15. The summed E-state index contributed by atoms with van der Waals surface area (Å²) in [6.07, 6.45) is 8.26. The van der Waals surface area contributed by atoms with Gasteiger partial charge in [-0.1, -0.05) is 43.4 Å². The molecule has 0 spiro atoms. The summed E-state index contributed by atoms with van der Waals surface area (Å²) in [6, 6.07) is 0. The van der Waals surface area contributed by atoms with Crippen LogP contribution in [0.2, 0.25) is 0 Å². The number of aromatic nitrogens is 2. The Balaban J connectivity index is 1.70. The third-order valence-electron chi connectivity index (χ3n) is 3.28. The number of amides is 1. The lowest BCUT2D eigenvalue weighted by Gasteiger charge is -2.20.